The van der Waals surface area contributed by atoms with Crippen LogP contribution < -0.4 is 4.74 Å². The minimum Gasteiger partial charge on any atom is -0.477 e. The van der Waals surface area contributed by atoms with Gasteiger partial charge < -0.3 is 9.30 Å². The van der Waals surface area contributed by atoms with E-state index >= 15 is 0 Å². The number of para-hydroxylation sites is 2. The zero-order chi connectivity index (χ0) is 15.7. The molecule has 1 aliphatic heterocycles. The van der Waals surface area contributed by atoms with Gasteiger partial charge in [-0.3, -0.25) is 4.79 Å². The van der Waals surface area contributed by atoms with E-state index in [9.17, 15) is 4.79 Å². The van der Waals surface area contributed by atoms with Gasteiger partial charge in [0.1, 0.15) is 5.75 Å². The van der Waals surface area contributed by atoms with Gasteiger partial charge in [0, 0.05) is 12.6 Å². The van der Waals surface area contributed by atoms with Gasteiger partial charge in [0.2, 0.25) is 5.78 Å². The lowest BCUT2D eigenvalue weighted by atomic mass is 9.88. The summed E-state index contributed by atoms with van der Waals surface area (Å²) >= 11 is 0. The number of rotatable bonds is 3. The molecule has 0 N–H and O–H groups in total. The van der Waals surface area contributed by atoms with Crippen molar-refractivity contribution in [2.24, 2.45) is 0 Å². The van der Waals surface area contributed by atoms with Gasteiger partial charge in [0.15, 0.2) is 5.60 Å². The predicted octanol–water partition coefficient (Wildman–Crippen LogP) is 4.56. The Labute approximate surface area is 131 Å². The summed E-state index contributed by atoms with van der Waals surface area (Å²) in [7, 11) is 0. The first-order chi connectivity index (χ1) is 10.6. The van der Waals surface area contributed by atoms with Crippen molar-refractivity contribution in [1.29, 1.82) is 0 Å². The van der Waals surface area contributed by atoms with Gasteiger partial charge >= 0.3 is 0 Å². The summed E-state index contributed by atoms with van der Waals surface area (Å²) in [5, 5.41) is 0. The van der Waals surface area contributed by atoms with Crippen molar-refractivity contribution in [3.05, 3.63) is 59.9 Å². The van der Waals surface area contributed by atoms with Crippen LogP contribution in [-0.2, 0) is 0 Å². The predicted molar refractivity (Wildman–Crippen MR) is 87.8 cm³/mol. The molecule has 0 bridgehead atoms. The second-order valence-electron chi connectivity index (χ2n) is 6.00. The van der Waals surface area contributed by atoms with Crippen molar-refractivity contribution in [3.8, 4) is 11.4 Å². The number of carbonyl (C=O) groups is 1. The molecule has 0 unspecified atom stereocenters. The average Bonchev–Trinajstić information content (AvgIpc) is 2.97. The van der Waals surface area contributed by atoms with Crippen molar-refractivity contribution in [2.45, 2.75) is 39.2 Å². The number of aromatic nitrogens is 1. The molecule has 0 fully saturated rings. The van der Waals surface area contributed by atoms with Crippen molar-refractivity contribution in [3.63, 3.8) is 0 Å². The highest BCUT2D eigenvalue weighted by molar-refractivity contribution is 6.03. The first-order valence-corrected chi connectivity index (χ1v) is 7.71. The number of hydrogen-bond acceptors (Lipinski definition) is 2. The maximum Gasteiger partial charge on any atom is 0.223 e. The summed E-state index contributed by atoms with van der Waals surface area (Å²) < 4.78 is 8.21. The fourth-order valence-electron chi connectivity index (χ4n) is 2.89. The fraction of sp³-hybridized carbons (Fsp3) is 0.316. The summed E-state index contributed by atoms with van der Waals surface area (Å²) in [5.74, 6) is 0.809. The van der Waals surface area contributed by atoms with Gasteiger partial charge in [0.05, 0.1) is 11.4 Å². The molecule has 1 aliphatic rings. The van der Waals surface area contributed by atoms with Crippen LogP contribution in [0.15, 0.2) is 54.2 Å². The largest absolute Gasteiger partial charge is 0.477 e. The molecule has 1 atom stereocenters. The van der Waals surface area contributed by atoms with Gasteiger partial charge in [-0.25, -0.2) is 0 Å². The molecule has 0 amide bonds. The van der Waals surface area contributed by atoms with Gasteiger partial charge in [-0.1, -0.05) is 30.7 Å². The maximum atomic E-state index is 13.2. The molecule has 114 valence electrons. The molecule has 3 heteroatoms. The number of hydrogen-bond donors (Lipinski definition) is 0. The minimum atomic E-state index is -0.833. The summed E-state index contributed by atoms with van der Waals surface area (Å²) in [4.78, 5) is 13.2. The SMILES string of the molecule is CC[C@@]1(CC=C(C)C)Oc2ccccc2-n2cccc2C1=O. The highest BCUT2D eigenvalue weighted by atomic mass is 16.5. The number of carbonyl (C=O) groups excluding carboxylic acids is 1. The maximum absolute atomic E-state index is 13.2. The van der Waals surface area contributed by atoms with Crippen LogP contribution in [0.2, 0.25) is 0 Å². The lowest BCUT2D eigenvalue weighted by Gasteiger charge is -2.30. The number of nitrogens with zero attached hydrogens (tertiary/aromatic N) is 1. The highest BCUT2D eigenvalue weighted by Gasteiger charge is 2.42. The Balaban J connectivity index is 2.19. The summed E-state index contributed by atoms with van der Waals surface area (Å²) in [6, 6.07) is 11.6. The topological polar surface area (TPSA) is 31.2 Å². The third kappa shape index (κ3) is 2.27. The molecule has 3 rings (SSSR count). The quantitative estimate of drug-likeness (QED) is 0.777. The van der Waals surface area contributed by atoms with Crippen LogP contribution in [0.4, 0.5) is 0 Å². The zero-order valence-electron chi connectivity index (χ0n) is 13.3. The smallest absolute Gasteiger partial charge is 0.223 e. The van der Waals surface area contributed by atoms with Crippen LogP contribution in [0.25, 0.3) is 5.69 Å². The first-order valence-electron chi connectivity index (χ1n) is 7.71. The minimum absolute atomic E-state index is 0.0497. The number of ketones is 1. The lowest BCUT2D eigenvalue weighted by Crippen LogP contribution is -2.43. The Morgan fingerprint density at radius 3 is 2.73 bits per heavy atom. The van der Waals surface area contributed by atoms with Crippen molar-refractivity contribution in [2.75, 3.05) is 0 Å². The van der Waals surface area contributed by atoms with E-state index in [-0.39, 0.29) is 5.78 Å². The molecule has 2 heterocycles. The van der Waals surface area contributed by atoms with Crippen LogP contribution in [0.3, 0.4) is 0 Å². The molecule has 3 nitrogen and oxygen atoms in total. The molecule has 0 radical (unpaired) electrons. The van der Waals surface area contributed by atoms with Gasteiger partial charge in [-0.2, -0.15) is 0 Å². The number of benzene rings is 1. The van der Waals surface area contributed by atoms with E-state index in [1.54, 1.807) is 0 Å². The molecule has 2 aromatic rings. The van der Waals surface area contributed by atoms with E-state index in [0.717, 1.165) is 11.4 Å². The normalized spacial score (nSPS) is 19.7. The number of fused-ring (bicyclic) bond motifs is 3. The molecule has 1 aromatic heterocycles. The fourth-order valence-corrected chi connectivity index (χ4v) is 2.89. The van der Waals surface area contributed by atoms with E-state index < -0.39 is 5.60 Å². The summed E-state index contributed by atoms with van der Waals surface area (Å²) in [6.45, 7) is 6.10. The molecular weight excluding hydrogens is 274 g/mol. The Morgan fingerprint density at radius 2 is 2.00 bits per heavy atom. The molecule has 22 heavy (non-hydrogen) atoms. The molecule has 0 saturated heterocycles. The zero-order valence-corrected chi connectivity index (χ0v) is 13.3. The number of Topliss-reactive ketones (excluding diaryl/α,β-unsaturated/α-hetero) is 1. The Kier molecular flexibility index (Phi) is 3.65. The molecule has 0 spiro atoms. The molecule has 0 aliphatic carbocycles. The van der Waals surface area contributed by atoms with E-state index in [0.29, 0.717) is 18.5 Å². The second kappa shape index (κ2) is 5.48. The first kappa shape index (κ1) is 14.6. The average molecular weight is 295 g/mol. The van der Waals surface area contributed by atoms with Crippen LogP contribution in [0.1, 0.15) is 44.1 Å². The Morgan fingerprint density at radius 1 is 1.23 bits per heavy atom. The second-order valence-corrected chi connectivity index (χ2v) is 6.00. The summed E-state index contributed by atoms with van der Waals surface area (Å²) in [6.07, 6.45) is 5.23. The van der Waals surface area contributed by atoms with E-state index in [1.165, 1.54) is 5.57 Å². The van der Waals surface area contributed by atoms with Crippen LogP contribution in [-0.4, -0.2) is 16.0 Å². The van der Waals surface area contributed by atoms with Crippen molar-refractivity contribution >= 4 is 5.78 Å². The van der Waals surface area contributed by atoms with E-state index in [2.05, 4.69) is 6.08 Å². The summed E-state index contributed by atoms with van der Waals surface area (Å²) in [5.41, 5.74) is 1.97. The Hall–Kier alpha value is -2.29. The molecule has 1 aromatic carbocycles. The standard InChI is InChI=1S/C19H21NO2/c1-4-19(12-11-14(2)3)18(21)16-9-7-13-20(16)15-8-5-6-10-17(15)22-19/h5-11,13H,4,12H2,1-3H3/t19-/m0/s1. The Bertz CT molecular complexity index is 737. The van der Waals surface area contributed by atoms with Crippen LogP contribution in [0.5, 0.6) is 5.75 Å². The molecular formula is C19H21NO2. The van der Waals surface area contributed by atoms with Crippen LogP contribution >= 0.6 is 0 Å². The van der Waals surface area contributed by atoms with E-state index in [4.69, 9.17) is 4.74 Å². The molecule has 0 saturated carbocycles. The van der Waals surface area contributed by atoms with Crippen molar-refractivity contribution < 1.29 is 9.53 Å². The van der Waals surface area contributed by atoms with Crippen LogP contribution in [0, 0.1) is 0 Å². The van der Waals surface area contributed by atoms with Gasteiger partial charge in [-0.05, 0) is 44.5 Å². The van der Waals surface area contributed by atoms with Crippen molar-refractivity contribution in [1.82, 2.24) is 4.57 Å². The third-order valence-corrected chi connectivity index (χ3v) is 4.24. The number of allylic oxidation sites excluding steroid dienone is 1. The monoisotopic (exact) mass is 295 g/mol. The van der Waals surface area contributed by atoms with Gasteiger partial charge in [-0.15, -0.1) is 0 Å². The lowest BCUT2D eigenvalue weighted by molar-refractivity contribution is 0.0450. The van der Waals surface area contributed by atoms with Gasteiger partial charge in [0.25, 0.3) is 0 Å². The highest BCUT2D eigenvalue weighted by Crippen LogP contribution is 2.37. The third-order valence-electron chi connectivity index (χ3n) is 4.24. The number of ether oxygens (including phenoxy) is 1. The van der Waals surface area contributed by atoms with E-state index in [1.807, 2.05) is 67.9 Å².